The minimum atomic E-state index is -4.59. The van der Waals surface area contributed by atoms with Gasteiger partial charge in [0.05, 0.1) is 39.9 Å². The van der Waals surface area contributed by atoms with Crippen LogP contribution < -0.4 is 10.2 Å². The van der Waals surface area contributed by atoms with Gasteiger partial charge in [-0.25, -0.2) is 0 Å². The largest absolute Gasteiger partial charge is 0.756 e. The highest BCUT2D eigenvalue weighted by Gasteiger charge is 2.23. The predicted octanol–water partition coefficient (Wildman–Crippen LogP) is 10.5. The first-order valence-electron chi connectivity index (χ1n) is 20.9. The molecule has 8 nitrogen and oxygen atoms in total. The number of nitrogens with zero attached hydrogens (tertiary/aromatic N) is 1. The van der Waals surface area contributed by atoms with Gasteiger partial charge < -0.3 is 28.8 Å². The number of amides is 1. The van der Waals surface area contributed by atoms with E-state index in [2.05, 4.69) is 43.5 Å². The molecular formula is C42H81N2O6P. The summed E-state index contributed by atoms with van der Waals surface area (Å²) in [7, 11) is 1.23. The van der Waals surface area contributed by atoms with Crippen LogP contribution in [0, 0.1) is 0 Å². The molecule has 0 saturated heterocycles. The van der Waals surface area contributed by atoms with Gasteiger partial charge in [0.15, 0.2) is 0 Å². The number of phosphoric ester groups is 1. The van der Waals surface area contributed by atoms with Gasteiger partial charge in [-0.2, -0.15) is 0 Å². The van der Waals surface area contributed by atoms with Crippen molar-refractivity contribution in [3.05, 3.63) is 36.5 Å². The molecular weight excluding hydrogens is 659 g/mol. The number of likely N-dealkylation sites (N-methyl/N-ethyl adjacent to an activating group) is 1. The molecule has 0 aromatic heterocycles. The Kier molecular flexibility index (Phi) is 33.6. The molecule has 0 saturated carbocycles. The van der Waals surface area contributed by atoms with Crippen LogP contribution >= 0.6 is 7.82 Å². The number of unbranched alkanes of at least 4 members (excludes halogenated alkanes) is 20. The van der Waals surface area contributed by atoms with Gasteiger partial charge in [0.1, 0.15) is 13.2 Å². The first kappa shape index (κ1) is 49.7. The molecule has 0 aliphatic rings. The number of nitrogens with one attached hydrogen (secondary N) is 1. The number of aliphatic hydroxyl groups excluding tert-OH is 1. The van der Waals surface area contributed by atoms with Crippen molar-refractivity contribution >= 4 is 13.7 Å². The molecule has 51 heavy (non-hydrogen) atoms. The van der Waals surface area contributed by atoms with E-state index in [0.29, 0.717) is 17.4 Å². The van der Waals surface area contributed by atoms with Crippen LogP contribution in [0.5, 0.6) is 0 Å². The molecule has 0 rings (SSSR count). The van der Waals surface area contributed by atoms with Crippen LogP contribution in [0.1, 0.15) is 174 Å². The Morgan fingerprint density at radius 1 is 0.667 bits per heavy atom. The lowest BCUT2D eigenvalue weighted by Crippen LogP contribution is -2.45. The minimum Gasteiger partial charge on any atom is -0.756 e. The zero-order valence-corrected chi connectivity index (χ0v) is 34.7. The number of quaternary nitrogens is 1. The molecule has 0 radical (unpaired) electrons. The smallest absolute Gasteiger partial charge is 0.268 e. The summed E-state index contributed by atoms with van der Waals surface area (Å²) in [5.41, 5.74) is 0. The maximum Gasteiger partial charge on any atom is 0.268 e. The lowest BCUT2D eigenvalue weighted by molar-refractivity contribution is -0.870. The molecule has 3 atom stereocenters. The maximum atomic E-state index is 12.8. The molecule has 0 bridgehead atoms. The van der Waals surface area contributed by atoms with Gasteiger partial charge in [-0.05, 0) is 38.5 Å². The number of aliphatic hydroxyl groups is 1. The van der Waals surface area contributed by atoms with Crippen LogP contribution in [0.15, 0.2) is 36.5 Å². The Balaban J connectivity index is 4.42. The van der Waals surface area contributed by atoms with E-state index in [1.54, 1.807) is 6.08 Å². The second-order valence-electron chi connectivity index (χ2n) is 15.3. The summed E-state index contributed by atoms with van der Waals surface area (Å²) in [6.45, 7) is 4.53. The average Bonchev–Trinajstić information content (AvgIpc) is 3.07. The van der Waals surface area contributed by atoms with Crippen LogP contribution in [0.3, 0.4) is 0 Å². The number of allylic oxidation sites excluding steroid dienone is 5. The van der Waals surface area contributed by atoms with E-state index < -0.39 is 26.6 Å². The van der Waals surface area contributed by atoms with E-state index in [-0.39, 0.29) is 12.5 Å². The van der Waals surface area contributed by atoms with Crippen LogP contribution in [-0.4, -0.2) is 68.5 Å². The zero-order chi connectivity index (χ0) is 37.9. The summed E-state index contributed by atoms with van der Waals surface area (Å²) >= 11 is 0. The van der Waals surface area contributed by atoms with Crippen molar-refractivity contribution in [3.8, 4) is 0 Å². The highest BCUT2D eigenvalue weighted by atomic mass is 31.2. The number of carbonyl (C=O) groups excluding carboxylic acids is 1. The molecule has 2 N–H and O–H groups in total. The molecule has 3 unspecified atom stereocenters. The van der Waals surface area contributed by atoms with Crippen LogP contribution in [0.4, 0.5) is 0 Å². The van der Waals surface area contributed by atoms with Crippen molar-refractivity contribution in [1.82, 2.24) is 5.32 Å². The van der Waals surface area contributed by atoms with Gasteiger partial charge in [-0.3, -0.25) is 9.36 Å². The molecule has 0 aromatic rings. The third-order valence-electron chi connectivity index (χ3n) is 9.06. The Morgan fingerprint density at radius 2 is 1.10 bits per heavy atom. The third kappa shape index (κ3) is 36.9. The fourth-order valence-corrected chi connectivity index (χ4v) is 6.44. The van der Waals surface area contributed by atoms with E-state index in [1.807, 2.05) is 27.2 Å². The minimum absolute atomic E-state index is 0.00827. The average molecular weight is 741 g/mol. The fourth-order valence-electron chi connectivity index (χ4n) is 5.72. The SMILES string of the molecule is CCC/C=C/CC/C=C/CC/C=C/C(O)C(COP(=O)([O-])OCC[N+](C)(C)C)NC(=O)CCCCCCCCCCCCCCCCCCCC. The summed E-state index contributed by atoms with van der Waals surface area (Å²) in [5.74, 6) is -0.213. The first-order chi connectivity index (χ1) is 24.5. The molecule has 0 heterocycles. The second-order valence-corrected chi connectivity index (χ2v) is 16.7. The summed E-state index contributed by atoms with van der Waals surface area (Å²) in [4.78, 5) is 25.2. The standard InChI is InChI=1S/C42H81N2O6P/c1-6-8-10-12-14-16-18-19-20-21-22-23-24-26-28-30-32-34-36-42(46)43-40(39-50-51(47,48)49-38-37-44(3,4)5)41(45)35-33-31-29-27-25-17-15-13-11-9-7-2/h11,13,25,27,33,35,40-41,45H,6-10,12,14-24,26,28-32,34,36-39H2,1-5H3,(H-,43,46,47,48)/b13-11+,27-25+,35-33+. The van der Waals surface area contributed by atoms with E-state index in [4.69, 9.17) is 9.05 Å². The predicted molar refractivity (Wildman–Crippen MR) is 215 cm³/mol. The van der Waals surface area contributed by atoms with Crippen LogP contribution in [0.2, 0.25) is 0 Å². The number of hydrogen-bond acceptors (Lipinski definition) is 6. The Hall–Kier alpha value is -1.28. The van der Waals surface area contributed by atoms with Gasteiger partial charge >= 0.3 is 0 Å². The normalized spacial score (nSPS) is 14.9. The summed E-state index contributed by atoms with van der Waals surface area (Å²) in [6.07, 6.45) is 40.5. The second kappa shape index (κ2) is 34.5. The molecule has 0 aromatic carbocycles. The van der Waals surface area contributed by atoms with E-state index >= 15 is 0 Å². The van der Waals surface area contributed by atoms with E-state index in [0.717, 1.165) is 51.4 Å². The van der Waals surface area contributed by atoms with Crippen molar-refractivity contribution in [2.75, 3.05) is 40.9 Å². The summed E-state index contributed by atoms with van der Waals surface area (Å²) < 4.78 is 23.1. The quantitative estimate of drug-likeness (QED) is 0.0284. The van der Waals surface area contributed by atoms with Gasteiger partial charge in [0.25, 0.3) is 7.82 Å². The third-order valence-corrected chi connectivity index (χ3v) is 10.0. The van der Waals surface area contributed by atoms with Gasteiger partial charge in [-0.15, -0.1) is 0 Å². The molecule has 300 valence electrons. The number of carbonyl (C=O) groups is 1. The number of hydrogen-bond donors (Lipinski definition) is 2. The highest BCUT2D eigenvalue weighted by molar-refractivity contribution is 7.45. The molecule has 0 spiro atoms. The van der Waals surface area contributed by atoms with Crippen LogP contribution in [0.25, 0.3) is 0 Å². The topological polar surface area (TPSA) is 108 Å². The Morgan fingerprint density at radius 3 is 1.55 bits per heavy atom. The van der Waals surface area contributed by atoms with Gasteiger partial charge in [-0.1, -0.05) is 166 Å². The lowest BCUT2D eigenvalue weighted by atomic mass is 10.0. The van der Waals surface area contributed by atoms with Crippen molar-refractivity contribution < 1.29 is 32.9 Å². The molecule has 9 heteroatoms. The first-order valence-corrected chi connectivity index (χ1v) is 22.3. The maximum absolute atomic E-state index is 12.8. The Bertz CT molecular complexity index is 933. The molecule has 1 amide bonds. The fraction of sp³-hybridized carbons (Fsp3) is 0.833. The molecule has 0 aliphatic carbocycles. The van der Waals surface area contributed by atoms with Crippen molar-refractivity contribution in [2.24, 2.45) is 0 Å². The van der Waals surface area contributed by atoms with Crippen molar-refractivity contribution in [2.45, 2.75) is 187 Å². The monoisotopic (exact) mass is 741 g/mol. The van der Waals surface area contributed by atoms with Crippen molar-refractivity contribution in [1.29, 1.82) is 0 Å². The van der Waals surface area contributed by atoms with Gasteiger partial charge in [0, 0.05) is 6.42 Å². The van der Waals surface area contributed by atoms with Gasteiger partial charge in [0.2, 0.25) is 5.91 Å². The van der Waals surface area contributed by atoms with E-state index in [9.17, 15) is 19.4 Å². The molecule has 0 aliphatic heterocycles. The zero-order valence-electron chi connectivity index (χ0n) is 33.8. The molecule has 0 fully saturated rings. The van der Waals surface area contributed by atoms with Crippen LogP contribution in [-0.2, 0) is 18.4 Å². The van der Waals surface area contributed by atoms with E-state index in [1.165, 1.54) is 103 Å². The summed E-state index contributed by atoms with van der Waals surface area (Å²) in [5, 5.41) is 13.7. The number of rotatable bonds is 37. The highest BCUT2D eigenvalue weighted by Crippen LogP contribution is 2.38. The Labute approximate surface area is 315 Å². The number of phosphoric acid groups is 1. The van der Waals surface area contributed by atoms with Crippen molar-refractivity contribution in [3.63, 3.8) is 0 Å². The lowest BCUT2D eigenvalue weighted by Gasteiger charge is -2.29. The summed E-state index contributed by atoms with van der Waals surface area (Å²) in [6, 6.07) is -0.904.